The van der Waals surface area contributed by atoms with E-state index in [0.29, 0.717) is 0 Å². The molecule has 0 heterocycles. The van der Waals surface area contributed by atoms with Gasteiger partial charge in [0.2, 0.25) is 0 Å². The molecule has 0 bridgehead atoms. The predicted octanol–water partition coefficient (Wildman–Crippen LogP) is 4.99. The summed E-state index contributed by atoms with van der Waals surface area (Å²) in [5.41, 5.74) is 0. The van der Waals surface area contributed by atoms with Crippen LogP contribution in [-0.4, -0.2) is 0 Å². The Labute approximate surface area is 66.6 Å². The van der Waals surface area contributed by atoms with Gasteiger partial charge in [0.05, 0.1) is 0 Å². The molecule has 0 saturated carbocycles. The molecule has 0 aromatic carbocycles. The third-order valence-corrected chi connectivity index (χ3v) is 0. The maximum absolute atomic E-state index is 5.75. The van der Waals surface area contributed by atoms with Gasteiger partial charge in [-0.05, 0) is 0 Å². The third-order valence-electron chi connectivity index (χ3n) is 0. The summed E-state index contributed by atoms with van der Waals surface area (Å²) in [6.07, 6.45) is 0. The smallest absolute Gasteiger partial charge is 0.0194 e. The highest BCUT2D eigenvalue weighted by molar-refractivity contribution is 3.51. The molecular formula is C9H30. The van der Waals surface area contributed by atoms with Crippen LogP contribution in [0.25, 0.3) is 0 Å². The van der Waals surface area contributed by atoms with Gasteiger partial charge < -0.3 is 0 Å². The zero-order valence-corrected chi connectivity index (χ0v) is 9.00. The second-order valence-electron chi connectivity index (χ2n) is 0. The fraction of sp³-hybridized carbons (Fsp3) is 1.00. The first-order chi connectivity index (χ1) is 5.00. The number of rotatable bonds is 0. The van der Waals surface area contributed by atoms with E-state index in [0.717, 1.165) is 0 Å². The summed E-state index contributed by atoms with van der Waals surface area (Å²) in [6.45, 7) is 16.0. The lowest BCUT2D eigenvalue weighted by atomic mass is 11.0. The molecule has 0 nitrogen and oxygen atoms in total. The molecule has 0 fully saturated rings. The molecule has 0 saturated heterocycles. The summed E-state index contributed by atoms with van der Waals surface area (Å²) in [5, 5.41) is 0. The normalized spacial score (nSPS) is 3.44. The zero-order chi connectivity index (χ0) is 10.0. The Balaban J connectivity index is -0.00000000694. The monoisotopic (exact) mass is 140 g/mol. The molecule has 0 amide bonds. The van der Waals surface area contributed by atoms with E-state index in [-0.39, 0.29) is 1.43 Å². The largest absolute Gasteiger partial charge is 0.0776 e. The molecule has 0 heteroatoms. The van der Waals surface area contributed by atoms with Crippen molar-refractivity contribution in [3.63, 3.8) is 0 Å². The lowest BCUT2D eigenvalue weighted by Gasteiger charge is -1.07. The van der Waals surface area contributed by atoms with Gasteiger partial charge in [-0.2, -0.15) is 0 Å². The van der Waals surface area contributed by atoms with Gasteiger partial charge in [0.15, 0.2) is 0 Å². The molecule has 0 radical (unpaired) electrons. The summed E-state index contributed by atoms with van der Waals surface area (Å²) in [7, 11) is 1.25. The first kappa shape index (κ1) is 23.0. The Morgan fingerprint density at radius 3 is 0.667 bits per heavy atom. The molecular weight excluding hydrogens is 108 g/mol. The molecule has 0 atom stereocenters. The van der Waals surface area contributed by atoms with Crippen LogP contribution in [0.2, 0.25) is 0 Å². The van der Waals surface area contributed by atoms with Crippen molar-refractivity contribution >= 4 is 0 Å². The van der Waals surface area contributed by atoms with E-state index in [2.05, 4.69) is 0 Å². The molecule has 0 aliphatic carbocycles. The van der Waals surface area contributed by atoms with Gasteiger partial charge in [-0.1, -0.05) is 62.8 Å². The van der Waals surface area contributed by atoms with Crippen LogP contribution in [0.4, 0.5) is 0 Å². The molecule has 0 aliphatic rings. The fourth-order valence-electron chi connectivity index (χ4n) is 0. The van der Waals surface area contributed by atoms with Gasteiger partial charge in [-0.25, -0.2) is 0 Å². The summed E-state index contributed by atoms with van der Waals surface area (Å²) < 4.78 is 5.75. The second-order valence-corrected chi connectivity index (χ2v) is 0. The molecule has 0 N–H and O–H groups in total. The van der Waals surface area contributed by atoms with Crippen molar-refractivity contribution in [2.45, 2.75) is 62.8 Å². The van der Waals surface area contributed by atoms with Gasteiger partial charge >= 0.3 is 0 Å². The molecule has 0 aromatic rings. The highest BCUT2D eigenvalue weighted by Crippen LogP contribution is 1.15. The number of hydrogen-bond donors (Lipinski definition) is 0. The minimum absolute atomic E-state index is 0. The van der Waals surface area contributed by atoms with Crippen LogP contribution in [0.15, 0.2) is 0 Å². The van der Waals surface area contributed by atoms with Crippen molar-refractivity contribution in [1.82, 2.24) is 0 Å². The Hall–Kier alpha value is 0. The first-order valence-corrected chi connectivity index (χ1v) is 4.00. The van der Waals surface area contributed by atoms with Crippen LogP contribution >= 0.6 is 0 Å². The minimum Gasteiger partial charge on any atom is -0.0776 e. The molecule has 0 unspecified atom stereocenters. The molecule has 0 aromatic heterocycles. The first-order valence-electron chi connectivity index (χ1n) is 5.00. The molecule has 0 aliphatic heterocycles. The SMILES string of the molecule is CC.CC.CC.CC.[2HH].[2H]C. The van der Waals surface area contributed by atoms with E-state index in [4.69, 9.17) is 1.37 Å². The lowest BCUT2D eigenvalue weighted by molar-refractivity contribution is 1.50. The highest BCUT2D eigenvalue weighted by Gasteiger charge is 0.938. The van der Waals surface area contributed by atoms with Crippen molar-refractivity contribution in [2.24, 2.45) is 0 Å². The Morgan fingerprint density at radius 1 is 0.667 bits per heavy atom. The quantitative estimate of drug-likeness (QED) is 0.445. The lowest BCUT2D eigenvalue weighted by Crippen LogP contribution is -0.856. The van der Waals surface area contributed by atoms with Crippen LogP contribution in [-0.2, 0) is 0 Å². The average Bonchev–Trinajstić information content (AvgIpc) is 2.20. The summed E-state index contributed by atoms with van der Waals surface area (Å²) in [6, 6.07) is 0. The Bertz CT molecular complexity index is 7.52. The van der Waals surface area contributed by atoms with Crippen molar-refractivity contribution in [2.75, 3.05) is 0 Å². The summed E-state index contributed by atoms with van der Waals surface area (Å²) >= 11 is 0. The van der Waals surface area contributed by atoms with Crippen molar-refractivity contribution < 1.29 is 2.80 Å². The van der Waals surface area contributed by atoms with Gasteiger partial charge in [0.25, 0.3) is 0 Å². The van der Waals surface area contributed by atoms with Crippen LogP contribution in [0.1, 0.15) is 65.6 Å². The van der Waals surface area contributed by atoms with Gasteiger partial charge in [0.1, 0.15) is 0 Å². The predicted molar refractivity (Wildman–Crippen MR) is 54.2 cm³/mol. The van der Waals surface area contributed by atoms with E-state index >= 15 is 0 Å². The average molecular weight is 140 g/mol. The third kappa shape index (κ3) is 0. The number of hydrogen-bond acceptors (Lipinski definition) is 0. The second kappa shape index (κ2) is 0. The Kier molecular flexibility index (Phi) is 0. The maximum Gasteiger partial charge on any atom is 0.0194 e. The van der Waals surface area contributed by atoms with Crippen LogP contribution in [0, 0.1) is 0 Å². The van der Waals surface area contributed by atoms with E-state index in [1.54, 1.807) is 0 Å². The Morgan fingerprint density at radius 2 is 0.667 bits per heavy atom. The van der Waals surface area contributed by atoms with Gasteiger partial charge in [0, 0.05) is 2.80 Å². The zero-order valence-electron chi connectivity index (χ0n) is 10.0. The maximum atomic E-state index is 5.75. The summed E-state index contributed by atoms with van der Waals surface area (Å²) in [5.74, 6) is 0. The van der Waals surface area contributed by atoms with Crippen LogP contribution in [0.5, 0.6) is 0 Å². The minimum atomic E-state index is 0. The van der Waals surface area contributed by atoms with Crippen LogP contribution < -0.4 is 0 Å². The molecule has 9 heavy (non-hydrogen) atoms. The summed E-state index contributed by atoms with van der Waals surface area (Å²) in [4.78, 5) is 0. The topological polar surface area (TPSA) is 0 Å². The molecule has 0 rings (SSSR count). The van der Waals surface area contributed by atoms with E-state index < -0.39 is 0 Å². The van der Waals surface area contributed by atoms with Crippen molar-refractivity contribution in [1.29, 1.82) is 0 Å². The standard InChI is InChI=1S/4C2H6.CH4.H2/c4*1-2;;/h4*1-2H3;1H4;1H/i;;;;1D;1+1. The van der Waals surface area contributed by atoms with E-state index in [1.807, 2.05) is 55.4 Å². The molecule has 0 spiro atoms. The fourth-order valence-corrected chi connectivity index (χ4v) is 0. The van der Waals surface area contributed by atoms with Crippen molar-refractivity contribution in [3.05, 3.63) is 0 Å². The van der Waals surface area contributed by atoms with E-state index in [1.165, 1.54) is 7.40 Å². The van der Waals surface area contributed by atoms with Gasteiger partial charge in [-0.15, -0.1) is 0 Å². The van der Waals surface area contributed by atoms with Gasteiger partial charge in [-0.3, -0.25) is 0 Å². The highest BCUT2D eigenvalue weighted by atomic mass is 13.0. The molecule has 66 valence electrons. The van der Waals surface area contributed by atoms with Crippen LogP contribution in [0.3, 0.4) is 0 Å². The van der Waals surface area contributed by atoms with Crippen molar-refractivity contribution in [3.8, 4) is 0 Å². The van der Waals surface area contributed by atoms with E-state index in [9.17, 15) is 0 Å².